The minimum Gasteiger partial charge on any atom is -0.476 e. The van der Waals surface area contributed by atoms with Crippen LogP contribution in [-0.2, 0) is 6.54 Å². The first-order chi connectivity index (χ1) is 8.15. The van der Waals surface area contributed by atoms with Gasteiger partial charge in [-0.15, -0.1) is 0 Å². The highest BCUT2D eigenvalue weighted by Crippen LogP contribution is 2.25. The molecule has 0 unspecified atom stereocenters. The lowest BCUT2D eigenvalue weighted by Crippen LogP contribution is -2.23. The molecule has 0 bridgehead atoms. The molecule has 1 aromatic heterocycles. The molecule has 1 heterocycles. The summed E-state index contributed by atoms with van der Waals surface area (Å²) < 4.78 is 4.99. The van der Waals surface area contributed by atoms with Crippen LogP contribution in [0.4, 0.5) is 0 Å². The number of hydrogen-bond donors (Lipinski definition) is 1. The van der Waals surface area contributed by atoms with E-state index in [1.54, 1.807) is 0 Å². The van der Waals surface area contributed by atoms with Crippen LogP contribution in [0.15, 0.2) is 10.6 Å². The quantitative estimate of drug-likeness (QED) is 0.849. The average molecular weight is 238 g/mol. The van der Waals surface area contributed by atoms with Crippen molar-refractivity contribution in [2.45, 2.75) is 32.2 Å². The number of carboxylic acids is 1. The standard InChI is InChI=1S/C12H18N2O3/c1-14(7-9-4-2-3-5-9)8-10-6-11(12(15)16)13-17-10/h6,9H,2-5,7-8H2,1H3,(H,15,16). The van der Waals surface area contributed by atoms with E-state index in [0.29, 0.717) is 12.3 Å². The van der Waals surface area contributed by atoms with Crippen LogP contribution < -0.4 is 0 Å². The lowest BCUT2D eigenvalue weighted by molar-refractivity contribution is 0.0685. The molecule has 0 aromatic carbocycles. The van der Waals surface area contributed by atoms with Crippen LogP contribution in [0.2, 0.25) is 0 Å². The number of hydrogen-bond acceptors (Lipinski definition) is 4. The van der Waals surface area contributed by atoms with Gasteiger partial charge in [0.15, 0.2) is 11.5 Å². The molecule has 1 aliphatic rings. The largest absolute Gasteiger partial charge is 0.476 e. The fraction of sp³-hybridized carbons (Fsp3) is 0.667. The van der Waals surface area contributed by atoms with Gasteiger partial charge in [0.25, 0.3) is 0 Å². The third-order valence-electron chi connectivity index (χ3n) is 3.25. The summed E-state index contributed by atoms with van der Waals surface area (Å²) in [6.45, 7) is 1.67. The average Bonchev–Trinajstić information content (AvgIpc) is 2.88. The van der Waals surface area contributed by atoms with Crippen molar-refractivity contribution in [2.24, 2.45) is 5.92 Å². The summed E-state index contributed by atoms with van der Waals surface area (Å²) in [6.07, 6.45) is 5.29. The van der Waals surface area contributed by atoms with E-state index in [4.69, 9.17) is 9.63 Å². The smallest absolute Gasteiger partial charge is 0.358 e. The summed E-state index contributed by atoms with van der Waals surface area (Å²) in [6, 6.07) is 1.49. The number of aromatic nitrogens is 1. The van der Waals surface area contributed by atoms with Crippen molar-refractivity contribution in [3.8, 4) is 0 Å². The van der Waals surface area contributed by atoms with E-state index in [2.05, 4.69) is 10.1 Å². The maximum absolute atomic E-state index is 10.6. The first kappa shape index (κ1) is 12.1. The Morgan fingerprint density at radius 3 is 2.88 bits per heavy atom. The number of carboxylic acid groups (broad SMARTS) is 1. The number of nitrogens with zero attached hydrogens (tertiary/aromatic N) is 2. The van der Waals surface area contributed by atoms with Crippen LogP contribution in [0.25, 0.3) is 0 Å². The molecule has 2 rings (SSSR count). The monoisotopic (exact) mass is 238 g/mol. The molecule has 1 aromatic rings. The SMILES string of the molecule is CN(Cc1cc(C(=O)O)no1)CC1CCCC1. The van der Waals surface area contributed by atoms with Gasteiger partial charge in [-0.3, -0.25) is 4.90 Å². The van der Waals surface area contributed by atoms with Crippen molar-refractivity contribution in [3.63, 3.8) is 0 Å². The van der Waals surface area contributed by atoms with Gasteiger partial charge in [0, 0.05) is 12.6 Å². The van der Waals surface area contributed by atoms with Crippen molar-refractivity contribution in [2.75, 3.05) is 13.6 Å². The van der Waals surface area contributed by atoms with E-state index in [-0.39, 0.29) is 5.69 Å². The highest BCUT2D eigenvalue weighted by molar-refractivity contribution is 5.85. The summed E-state index contributed by atoms with van der Waals surface area (Å²) in [5.41, 5.74) is -0.0192. The van der Waals surface area contributed by atoms with Crippen LogP contribution in [0.5, 0.6) is 0 Å². The lowest BCUT2D eigenvalue weighted by Gasteiger charge is -2.18. The normalized spacial score (nSPS) is 16.8. The van der Waals surface area contributed by atoms with Crippen LogP contribution in [0.1, 0.15) is 41.9 Å². The molecule has 5 heteroatoms. The zero-order valence-corrected chi connectivity index (χ0v) is 10.1. The maximum Gasteiger partial charge on any atom is 0.358 e. The van der Waals surface area contributed by atoms with Crippen LogP contribution >= 0.6 is 0 Å². The van der Waals surface area contributed by atoms with Crippen molar-refractivity contribution >= 4 is 5.97 Å². The second-order valence-corrected chi connectivity index (χ2v) is 4.83. The van der Waals surface area contributed by atoms with Crippen molar-refractivity contribution in [1.29, 1.82) is 0 Å². The molecule has 1 fully saturated rings. The molecule has 0 aliphatic heterocycles. The van der Waals surface area contributed by atoms with Gasteiger partial charge >= 0.3 is 5.97 Å². The van der Waals surface area contributed by atoms with Crippen LogP contribution in [0.3, 0.4) is 0 Å². The van der Waals surface area contributed by atoms with Gasteiger partial charge in [-0.2, -0.15) is 0 Å². The molecule has 0 radical (unpaired) electrons. The Bertz CT molecular complexity index is 383. The Balaban J connectivity index is 1.84. The minimum absolute atomic E-state index is 0.0192. The highest BCUT2D eigenvalue weighted by Gasteiger charge is 2.18. The van der Waals surface area contributed by atoms with Crippen LogP contribution in [-0.4, -0.2) is 34.7 Å². The van der Waals surface area contributed by atoms with Crippen molar-refractivity contribution in [3.05, 3.63) is 17.5 Å². The molecule has 0 saturated heterocycles. The Morgan fingerprint density at radius 1 is 1.59 bits per heavy atom. The molecule has 1 saturated carbocycles. The Morgan fingerprint density at radius 2 is 2.29 bits per heavy atom. The number of aromatic carboxylic acids is 1. The minimum atomic E-state index is -1.04. The molecule has 0 spiro atoms. The van der Waals surface area contributed by atoms with E-state index in [1.165, 1.54) is 31.7 Å². The zero-order valence-electron chi connectivity index (χ0n) is 10.1. The summed E-state index contributed by atoms with van der Waals surface area (Å²) in [5, 5.41) is 12.2. The topological polar surface area (TPSA) is 66.6 Å². The summed E-state index contributed by atoms with van der Waals surface area (Å²) in [5.74, 6) is 0.350. The van der Waals surface area contributed by atoms with E-state index in [0.717, 1.165) is 12.5 Å². The summed E-state index contributed by atoms with van der Waals surface area (Å²) in [4.78, 5) is 12.8. The van der Waals surface area contributed by atoms with E-state index in [9.17, 15) is 4.79 Å². The van der Waals surface area contributed by atoms with Gasteiger partial charge < -0.3 is 9.63 Å². The van der Waals surface area contributed by atoms with E-state index >= 15 is 0 Å². The molecular weight excluding hydrogens is 220 g/mol. The third-order valence-corrected chi connectivity index (χ3v) is 3.25. The second-order valence-electron chi connectivity index (χ2n) is 4.83. The Kier molecular flexibility index (Phi) is 3.78. The van der Waals surface area contributed by atoms with E-state index < -0.39 is 5.97 Å². The molecule has 1 N–H and O–H groups in total. The number of rotatable bonds is 5. The number of carbonyl (C=O) groups is 1. The van der Waals surface area contributed by atoms with Gasteiger partial charge in [0.2, 0.25) is 0 Å². The predicted octanol–water partition coefficient (Wildman–Crippen LogP) is 1.99. The Labute approximate surface area is 100 Å². The predicted molar refractivity (Wildman–Crippen MR) is 61.8 cm³/mol. The third kappa shape index (κ3) is 3.30. The summed E-state index contributed by atoms with van der Waals surface area (Å²) >= 11 is 0. The molecule has 1 aliphatic carbocycles. The molecule has 5 nitrogen and oxygen atoms in total. The van der Waals surface area contributed by atoms with E-state index in [1.807, 2.05) is 7.05 Å². The van der Waals surface area contributed by atoms with Crippen molar-refractivity contribution < 1.29 is 14.4 Å². The fourth-order valence-corrected chi connectivity index (χ4v) is 2.45. The van der Waals surface area contributed by atoms with Gasteiger partial charge in [0.05, 0.1) is 6.54 Å². The van der Waals surface area contributed by atoms with Gasteiger partial charge in [-0.25, -0.2) is 4.79 Å². The van der Waals surface area contributed by atoms with Gasteiger partial charge in [-0.05, 0) is 25.8 Å². The fourth-order valence-electron chi connectivity index (χ4n) is 2.45. The first-order valence-corrected chi connectivity index (χ1v) is 6.02. The first-order valence-electron chi connectivity index (χ1n) is 6.02. The van der Waals surface area contributed by atoms with Crippen molar-refractivity contribution in [1.82, 2.24) is 10.1 Å². The molecular formula is C12H18N2O3. The lowest BCUT2D eigenvalue weighted by atomic mass is 10.1. The van der Waals surface area contributed by atoms with Gasteiger partial charge in [-0.1, -0.05) is 18.0 Å². The Hall–Kier alpha value is -1.36. The van der Waals surface area contributed by atoms with Crippen LogP contribution in [0, 0.1) is 5.92 Å². The van der Waals surface area contributed by atoms with Gasteiger partial charge in [0.1, 0.15) is 0 Å². The molecule has 0 atom stereocenters. The molecule has 94 valence electrons. The molecule has 0 amide bonds. The second kappa shape index (κ2) is 5.31. The summed E-state index contributed by atoms with van der Waals surface area (Å²) in [7, 11) is 2.03. The highest BCUT2D eigenvalue weighted by atomic mass is 16.5. The maximum atomic E-state index is 10.6. The zero-order chi connectivity index (χ0) is 12.3. The molecule has 17 heavy (non-hydrogen) atoms.